The van der Waals surface area contributed by atoms with E-state index in [9.17, 15) is 9.18 Å². The second-order valence-electron chi connectivity index (χ2n) is 3.52. The first-order valence-corrected chi connectivity index (χ1v) is 5.52. The van der Waals surface area contributed by atoms with Crippen molar-refractivity contribution >= 4 is 17.5 Å². The van der Waals surface area contributed by atoms with E-state index in [0.29, 0.717) is 15.7 Å². The molecule has 1 nitrogen and oxygen atoms in total. The molecule has 0 N–H and O–H groups in total. The number of rotatable bonds is 3. The highest BCUT2D eigenvalue weighted by Gasteiger charge is 2.23. The lowest BCUT2D eigenvalue weighted by Crippen LogP contribution is -1.94. The van der Waals surface area contributed by atoms with Crippen molar-refractivity contribution in [1.29, 1.82) is 0 Å². The molecule has 0 spiro atoms. The molecule has 2 rings (SSSR count). The van der Waals surface area contributed by atoms with E-state index in [2.05, 4.69) is 0 Å². The minimum atomic E-state index is -0.269. The molecule has 0 aliphatic heterocycles. The molecule has 14 heavy (non-hydrogen) atoms. The minimum Gasteiger partial charge on any atom is -0.295 e. The maximum atomic E-state index is 13.4. The lowest BCUT2D eigenvalue weighted by atomic mass is 10.1. The predicted molar refractivity (Wildman–Crippen MR) is 55.3 cm³/mol. The number of halogens is 1. The van der Waals surface area contributed by atoms with Crippen molar-refractivity contribution in [3.8, 4) is 0 Å². The summed E-state index contributed by atoms with van der Waals surface area (Å²) in [6.07, 6.45) is 2.36. The van der Waals surface area contributed by atoms with E-state index in [0.717, 1.165) is 0 Å². The maximum absolute atomic E-state index is 13.4. The number of benzene rings is 1. The SMILES string of the molecule is CC(=O)c1ccc(SC2CC2)c(F)c1. The van der Waals surface area contributed by atoms with Gasteiger partial charge in [0, 0.05) is 15.7 Å². The number of carbonyl (C=O) groups excluding carboxylic acids is 1. The topological polar surface area (TPSA) is 17.1 Å². The Morgan fingerprint density at radius 3 is 2.71 bits per heavy atom. The highest BCUT2D eigenvalue weighted by atomic mass is 32.2. The summed E-state index contributed by atoms with van der Waals surface area (Å²) in [5, 5.41) is 0.590. The Morgan fingerprint density at radius 1 is 1.50 bits per heavy atom. The first-order valence-electron chi connectivity index (χ1n) is 4.64. The summed E-state index contributed by atoms with van der Waals surface area (Å²) < 4.78 is 13.4. The molecule has 1 aliphatic carbocycles. The Bertz CT molecular complexity index is 372. The molecule has 74 valence electrons. The monoisotopic (exact) mass is 210 g/mol. The van der Waals surface area contributed by atoms with Gasteiger partial charge in [-0.1, -0.05) is 6.07 Å². The fourth-order valence-corrected chi connectivity index (χ4v) is 2.23. The number of ketones is 1. The summed E-state index contributed by atoms with van der Waals surface area (Å²) in [4.78, 5) is 11.6. The second kappa shape index (κ2) is 3.73. The first kappa shape index (κ1) is 9.71. The summed E-state index contributed by atoms with van der Waals surface area (Å²) in [6.45, 7) is 1.45. The predicted octanol–water partition coefficient (Wildman–Crippen LogP) is 3.28. The van der Waals surface area contributed by atoms with Crippen molar-refractivity contribution in [3.05, 3.63) is 29.6 Å². The van der Waals surface area contributed by atoms with E-state index >= 15 is 0 Å². The molecule has 0 bridgehead atoms. The summed E-state index contributed by atoms with van der Waals surface area (Å²) in [5.74, 6) is -0.360. The largest absolute Gasteiger partial charge is 0.295 e. The molecule has 0 aromatic heterocycles. The summed E-state index contributed by atoms with van der Waals surface area (Å²) in [7, 11) is 0. The normalized spacial score (nSPS) is 15.6. The number of hydrogen-bond acceptors (Lipinski definition) is 2. The van der Waals surface area contributed by atoms with Gasteiger partial charge >= 0.3 is 0 Å². The van der Waals surface area contributed by atoms with Gasteiger partial charge in [0.25, 0.3) is 0 Å². The van der Waals surface area contributed by atoms with Crippen LogP contribution in [0.3, 0.4) is 0 Å². The fraction of sp³-hybridized carbons (Fsp3) is 0.364. The molecule has 3 heteroatoms. The molecule has 0 radical (unpaired) electrons. The Hall–Kier alpha value is -0.830. The van der Waals surface area contributed by atoms with E-state index in [-0.39, 0.29) is 11.6 Å². The van der Waals surface area contributed by atoms with Gasteiger partial charge in [0.1, 0.15) is 5.82 Å². The standard InChI is InChI=1S/C11H11FOS/c1-7(13)8-2-5-11(10(12)6-8)14-9-3-4-9/h2,5-6,9H,3-4H2,1H3. The quantitative estimate of drug-likeness (QED) is 0.712. The van der Waals surface area contributed by atoms with E-state index < -0.39 is 0 Å². The van der Waals surface area contributed by atoms with Crippen LogP contribution in [0.1, 0.15) is 30.1 Å². The van der Waals surface area contributed by atoms with Crippen molar-refractivity contribution in [2.75, 3.05) is 0 Å². The molecule has 1 aliphatic rings. The molecule has 0 unspecified atom stereocenters. The van der Waals surface area contributed by atoms with E-state index in [4.69, 9.17) is 0 Å². The number of thioether (sulfide) groups is 1. The molecular formula is C11H11FOS. The van der Waals surface area contributed by atoms with Crippen molar-refractivity contribution in [3.63, 3.8) is 0 Å². The summed E-state index contributed by atoms with van der Waals surface area (Å²) in [6, 6.07) is 4.72. The van der Waals surface area contributed by atoms with E-state index in [1.54, 1.807) is 23.9 Å². The molecule has 1 aromatic rings. The van der Waals surface area contributed by atoms with Crippen LogP contribution in [0.4, 0.5) is 4.39 Å². The average molecular weight is 210 g/mol. The van der Waals surface area contributed by atoms with Crippen molar-refractivity contribution < 1.29 is 9.18 Å². The van der Waals surface area contributed by atoms with Crippen molar-refractivity contribution in [2.24, 2.45) is 0 Å². The maximum Gasteiger partial charge on any atom is 0.159 e. The number of carbonyl (C=O) groups is 1. The second-order valence-corrected chi connectivity index (χ2v) is 4.86. The van der Waals surface area contributed by atoms with Gasteiger partial charge < -0.3 is 0 Å². The van der Waals surface area contributed by atoms with Gasteiger partial charge in [0.15, 0.2) is 5.78 Å². The van der Waals surface area contributed by atoms with Crippen LogP contribution < -0.4 is 0 Å². The smallest absolute Gasteiger partial charge is 0.159 e. The van der Waals surface area contributed by atoms with Gasteiger partial charge in [-0.2, -0.15) is 0 Å². The van der Waals surface area contributed by atoms with Gasteiger partial charge in [0.2, 0.25) is 0 Å². The van der Waals surface area contributed by atoms with Crippen molar-refractivity contribution in [2.45, 2.75) is 29.9 Å². The summed E-state index contributed by atoms with van der Waals surface area (Å²) in [5.41, 5.74) is 0.447. The molecule has 0 saturated heterocycles. The molecule has 1 fully saturated rings. The zero-order valence-electron chi connectivity index (χ0n) is 7.92. The van der Waals surface area contributed by atoms with Gasteiger partial charge in [-0.25, -0.2) is 4.39 Å². The van der Waals surface area contributed by atoms with Gasteiger partial charge in [-0.15, -0.1) is 11.8 Å². The summed E-state index contributed by atoms with van der Waals surface area (Å²) >= 11 is 1.57. The lowest BCUT2D eigenvalue weighted by Gasteiger charge is -2.02. The van der Waals surface area contributed by atoms with Gasteiger partial charge in [-0.05, 0) is 31.9 Å². The zero-order chi connectivity index (χ0) is 10.1. The number of Topliss-reactive ketones (excluding diaryl/α,β-unsaturated/α-hetero) is 1. The Balaban J connectivity index is 2.21. The molecule has 0 heterocycles. The van der Waals surface area contributed by atoms with E-state index in [1.807, 2.05) is 0 Å². The average Bonchev–Trinajstić information content (AvgIpc) is 2.92. The van der Waals surface area contributed by atoms with Gasteiger partial charge in [-0.3, -0.25) is 4.79 Å². The fourth-order valence-electron chi connectivity index (χ4n) is 1.18. The van der Waals surface area contributed by atoms with Crippen LogP contribution in [0.25, 0.3) is 0 Å². The number of hydrogen-bond donors (Lipinski definition) is 0. The third-order valence-electron chi connectivity index (χ3n) is 2.16. The zero-order valence-corrected chi connectivity index (χ0v) is 8.73. The van der Waals surface area contributed by atoms with Crippen LogP contribution in [0, 0.1) is 5.82 Å². The van der Waals surface area contributed by atoms with Crippen LogP contribution >= 0.6 is 11.8 Å². The Kier molecular flexibility index (Phi) is 2.59. The van der Waals surface area contributed by atoms with Crippen LogP contribution in [0.2, 0.25) is 0 Å². The molecule has 0 atom stereocenters. The van der Waals surface area contributed by atoms with Crippen LogP contribution in [-0.4, -0.2) is 11.0 Å². The van der Waals surface area contributed by atoms with Crippen molar-refractivity contribution in [1.82, 2.24) is 0 Å². The molecule has 0 amide bonds. The van der Waals surface area contributed by atoms with Crippen LogP contribution in [-0.2, 0) is 0 Å². The highest BCUT2D eigenvalue weighted by Crippen LogP contribution is 2.40. The highest BCUT2D eigenvalue weighted by molar-refractivity contribution is 8.00. The first-order chi connectivity index (χ1) is 6.66. The molecular weight excluding hydrogens is 199 g/mol. The lowest BCUT2D eigenvalue weighted by molar-refractivity contribution is 0.101. The molecule has 1 aromatic carbocycles. The van der Waals surface area contributed by atoms with Crippen LogP contribution in [0.15, 0.2) is 23.1 Å². The Morgan fingerprint density at radius 2 is 2.21 bits per heavy atom. The third kappa shape index (κ3) is 2.15. The van der Waals surface area contributed by atoms with Gasteiger partial charge in [0.05, 0.1) is 0 Å². The Labute approximate surface area is 86.7 Å². The van der Waals surface area contributed by atoms with E-state index in [1.165, 1.54) is 25.8 Å². The third-order valence-corrected chi connectivity index (χ3v) is 3.55. The molecule has 1 saturated carbocycles. The van der Waals surface area contributed by atoms with Crippen LogP contribution in [0.5, 0.6) is 0 Å². The minimum absolute atomic E-state index is 0.0909.